The number of amides is 1. The number of hydrogen-bond donors (Lipinski definition) is 2. The van der Waals surface area contributed by atoms with Crippen molar-refractivity contribution in [2.45, 2.75) is 19.5 Å². The zero-order chi connectivity index (χ0) is 13.9. The Morgan fingerprint density at radius 1 is 1.35 bits per heavy atom. The molecule has 0 spiro atoms. The normalized spacial score (nSPS) is 13.8. The van der Waals surface area contributed by atoms with Crippen LogP contribution in [0.4, 0.5) is 0 Å². The molecule has 0 bridgehead atoms. The van der Waals surface area contributed by atoms with Crippen LogP contribution in [-0.2, 0) is 19.5 Å². The number of hydrogen-bond acceptors (Lipinski definition) is 3. The number of fused-ring (bicyclic) bond motifs is 1. The standard InChI is InChI=1S/C15H15ClN2OS/c16-14-5-4-11(20-14)9-18-15(19)13-3-1-2-10-8-17-7-6-12(10)13/h1-5,17H,6-9H2,(H,18,19). The topological polar surface area (TPSA) is 41.1 Å². The number of halogens is 1. The second-order valence-corrected chi connectivity index (χ2v) is 6.56. The molecule has 20 heavy (non-hydrogen) atoms. The highest BCUT2D eigenvalue weighted by molar-refractivity contribution is 7.16. The fourth-order valence-corrected chi connectivity index (χ4v) is 3.48. The molecule has 1 aromatic carbocycles. The van der Waals surface area contributed by atoms with E-state index in [-0.39, 0.29) is 5.91 Å². The molecule has 3 nitrogen and oxygen atoms in total. The summed E-state index contributed by atoms with van der Waals surface area (Å²) in [6.07, 6.45) is 0.907. The molecular weight excluding hydrogens is 292 g/mol. The van der Waals surface area contributed by atoms with Crippen molar-refractivity contribution < 1.29 is 4.79 Å². The molecular formula is C15H15ClN2OS. The lowest BCUT2D eigenvalue weighted by Gasteiger charge is -2.19. The molecule has 0 unspecified atom stereocenters. The number of thiophene rings is 1. The van der Waals surface area contributed by atoms with Gasteiger partial charge in [-0.2, -0.15) is 0 Å². The van der Waals surface area contributed by atoms with Crippen molar-refractivity contribution in [3.8, 4) is 0 Å². The molecule has 2 heterocycles. The molecule has 0 radical (unpaired) electrons. The lowest BCUT2D eigenvalue weighted by Crippen LogP contribution is -2.29. The first-order chi connectivity index (χ1) is 9.74. The Kier molecular flexibility index (Phi) is 4.05. The summed E-state index contributed by atoms with van der Waals surface area (Å²) in [6.45, 7) is 2.30. The molecule has 2 N–H and O–H groups in total. The van der Waals surface area contributed by atoms with Crippen LogP contribution in [0.5, 0.6) is 0 Å². The van der Waals surface area contributed by atoms with E-state index in [1.807, 2.05) is 24.3 Å². The summed E-state index contributed by atoms with van der Waals surface area (Å²) in [6, 6.07) is 9.72. The van der Waals surface area contributed by atoms with E-state index in [2.05, 4.69) is 16.7 Å². The van der Waals surface area contributed by atoms with Crippen LogP contribution in [0.15, 0.2) is 30.3 Å². The summed E-state index contributed by atoms with van der Waals surface area (Å²) in [5, 5.41) is 6.29. The maximum absolute atomic E-state index is 12.3. The van der Waals surface area contributed by atoms with Gasteiger partial charge in [0.2, 0.25) is 0 Å². The minimum atomic E-state index is -0.00623. The Labute approximate surface area is 127 Å². The van der Waals surface area contributed by atoms with Gasteiger partial charge in [0.25, 0.3) is 5.91 Å². The molecule has 1 aromatic heterocycles. The van der Waals surface area contributed by atoms with Gasteiger partial charge < -0.3 is 10.6 Å². The molecule has 2 aromatic rings. The Balaban J connectivity index is 1.74. The molecule has 104 valence electrons. The first-order valence-electron chi connectivity index (χ1n) is 6.58. The predicted molar refractivity (Wildman–Crippen MR) is 82.4 cm³/mol. The minimum Gasteiger partial charge on any atom is -0.347 e. The molecule has 0 aliphatic carbocycles. The van der Waals surface area contributed by atoms with Crippen LogP contribution in [0.1, 0.15) is 26.4 Å². The summed E-state index contributed by atoms with van der Waals surface area (Å²) in [4.78, 5) is 13.4. The minimum absolute atomic E-state index is 0.00623. The van der Waals surface area contributed by atoms with Crippen molar-refractivity contribution >= 4 is 28.8 Å². The van der Waals surface area contributed by atoms with Gasteiger partial charge in [0.05, 0.1) is 10.9 Å². The number of carbonyl (C=O) groups is 1. The third kappa shape index (κ3) is 2.87. The van der Waals surface area contributed by atoms with E-state index in [9.17, 15) is 4.79 Å². The fraction of sp³-hybridized carbons (Fsp3) is 0.267. The maximum atomic E-state index is 12.3. The highest BCUT2D eigenvalue weighted by atomic mass is 35.5. The van der Waals surface area contributed by atoms with Gasteiger partial charge in [0.15, 0.2) is 0 Å². The Hall–Kier alpha value is -1.36. The van der Waals surface area contributed by atoms with Crippen LogP contribution >= 0.6 is 22.9 Å². The fourth-order valence-electron chi connectivity index (χ4n) is 2.45. The van der Waals surface area contributed by atoms with Crippen molar-refractivity contribution in [1.29, 1.82) is 0 Å². The molecule has 5 heteroatoms. The van der Waals surface area contributed by atoms with E-state index in [0.29, 0.717) is 6.54 Å². The molecule has 0 fully saturated rings. The lowest BCUT2D eigenvalue weighted by atomic mass is 9.95. The largest absolute Gasteiger partial charge is 0.347 e. The van der Waals surface area contributed by atoms with Crippen molar-refractivity contribution in [3.05, 3.63) is 56.2 Å². The van der Waals surface area contributed by atoms with Gasteiger partial charge in [-0.1, -0.05) is 23.7 Å². The second kappa shape index (κ2) is 5.95. The van der Waals surface area contributed by atoms with Crippen LogP contribution in [0, 0.1) is 0 Å². The SMILES string of the molecule is O=C(NCc1ccc(Cl)s1)c1cccc2c1CCNC2. The zero-order valence-electron chi connectivity index (χ0n) is 10.9. The van der Waals surface area contributed by atoms with Crippen LogP contribution in [-0.4, -0.2) is 12.5 Å². The highest BCUT2D eigenvalue weighted by Gasteiger charge is 2.17. The van der Waals surface area contributed by atoms with Gasteiger partial charge in [-0.25, -0.2) is 0 Å². The van der Waals surface area contributed by atoms with Crippen molar-refractivity contribution in [2.75, 3.05) is 6.54 Å². The maximum Gasteiger partial charge on any atom is 0.251 e. The van der Waals surface area contributed by atoms with Crippen LogP contribution in [0.2, 0.25) is 4.34 Å². The molecule has 0 saturated carbocycles. The summed E-state index contributed by atoms with van der Waals surface area (Å²) in [7, 11) is 0. The van der Waals surface area contributed by atoms with Gasteiger partial charge in [0, 0.05) is 17.0 Å². The quantitative estimate of drug-likeness (QED) is 0.915. The van der Waals surface area contributed by atoms with Crippen molar-refractivity contribution in [1.82, 2.24) is 10.6 Å². The van der Waals surface area contributed by atoms with Gasteiger partial charge in [-0.05, 0) is 42.3 Å². The molecule has 1 amide bonds. The van der Waals surface area contributed by atoms with E-state index < -0.39 is 0 Å². The van der Waals surface area contributed by atoms with Crippen LogP contribution < -0.4 is 10.6 Å². The van der Waals surface area contributed by atoms with E-state index in [1.165, 1.54) is 22.5 Å². The molecule has 0 atom stereocenters. The monoisotopic (exact) mass is 306 g/mol. The smallest absolute Gasteiger partial charge is 0.251 e. The van der Waals surface area contributed by atoms with Gasteiger partial charge in [-0.15, -0.1) is 11.3 Å². The number of carbonyl (C=O) groups excluding carboxylic acids is 1. The van der Waals surface area contributed by atoms with Gasteiger partial charge >= 0.3 is 0 Å². The summed E-state index contributed by atoms with van der Waals surface area (Å²) < 4.78 is 0.748. The predicted octanol–water partition coefficient (Wildman–Crippen LogP) is 2.98. The number of benzene rings is 1. The Morgan fingerprint density at radius 2 is 2.25 bits per heavy atom. The first kappa shape index (κ1) is 13.6. The summed E-state index contributed by atoms with van der Waals surface area (Å²) >= 11 is 7.38. The van der Waals surface area contributed by atoms with E-state index in [1.54, 1.807) is 0 Å². The van der Waals surface area contributed by atoms with Crippen LogP contribution in [0.25, 0.3) is 0 Å². The summed E-state index contributed by atoms with van der Waals surface area (Å²) in [5.74, 6) is -0.00623. The van der Waals surface area contributed by atoms with E-state index in [4.69, 9.17) is 11.6 Å². The zero-order valence-corrected chi connectivity index (χ0v) is 12.5. The van der Waals surface area contributed by atoms with Crippen molar-refractivity contribution in [3.63, 3.8) is 0 Å². The third-order valence-electron chi connectivity index (χ3n) is 3.44. The van der Waals surface area contributed by atoms with E-state index in [0.717, 1.165) is 34.3 Å². The lowest BCUT2D eigenvalue weighted by molar-refractivity contribution is 0.0950. The summed E-state index contributed by atoms with van der Waals surface area (Å²) in [5.41, 5.74) is 3.20. The average molecular weight is 307 g/mol. The number of rotatable bonds is 3. The Morgan fingerprint density at radius 3 is 3.05 bits per heavy atom. The molecule has 1 aliphatic rings. The first-order valence-corrected chi connectivity index (χ1v) is 7.77. The Bertz CT molecular complexity index is 639. The molecule has 3 rings (SSSR count). The molecule has 1 aliphatic heterocycles. The molecule has 0 saturated heterocycles. The van der Waals surface area contributed by atoms with Gasteiger partial charge in [0.1, 0.15) is 0 Å². The van der Waals surface area contributed by atoms with Crippen molar-refractivity contribution in [2.24, 2.45) is 0 Å². The van der Waals surface area contributed by atoms with Gasteiger partial charge in [-0.3, -0.25) is 4.79 Å². The average Bonchev–Trinajstić information content (AvgIpc) is 2.90. The highest BCUT2D eigenvalue weighted by Crippen LogP contribution is 2.22. The van der Waals surface area contributed by atoms with Crippen LogP contribution in [0.3, 0.4) is 0 Å². The third-order valence-corrected chi connectivity index (χ3v) is 4.67. The van der Waals surface area contributed by atoms with E-state index >= 15 is 0 Å². The number of nitrogens with one attached hydrogen (secondary N) is 2. The second-order valence-electron chi connectivity index (χ2n) is 4.76.